The number of fused-ring (bicyclic) bond motifs is 1. The van der Waals surface area contributed by atoms with Gasteiger partial charge in [0.15, 0.2) is 11.5 Å². The number of methoxy groups -OCH3 is 1. The Morgan fingerprint density at radius 2 is 1.81 bits per heavy atom. The van der Waals surface area contributed by atoms with Gasteiger partial charge in [-0.2, -0.15) is 0 Å². The van der Waals surface area contributed by atoms with Crippen molar-refractivity contribution in [3.05, 3.63) is 70.2 Å². The van der Waals surface area contributed by atoms with Crippen molar-refractivity contribution in [3.63, 3.8) is 0 Å². The summed E-state index contributed by atoms with van der Waals surface area (Å²) in [5, 5.41) is 1.72. The van der Waals surface area contributed by atoms with Crippen LogP contribution in [-0.2, 0) is 0 Å². The summed E-state index contributed by atoms with van der Waals surface area (Å²) in [6, 6.07) is 15.9. The molecule has 26 heavy (non-hydrogen) atoms. The molecule has 0 unspecified atom stereocenters. The zero-order chi connectivity index (χ0) is 18.7. The highest BCUT2D eigenvalue weighted by Crippen LogP contribution is 2.37. The Labute approximate surface area is 158 Å². The van der Waals surface area contributed by atoms with Crippen molar-refractivity contribution in [2.75, 3.05) is 7.11 Å². The third kappa shape index (κ3) is 3.40. The third-order valence-corrected chi connectivity index (χ3v) is 4.42. The fourth-order valence-corrected chi connectivity index (χ4v) is 3.11. The topological polar surface area (TPSA) is 90.7 Å². The largest absolute Gasteiger partial charge is 0.493 e. The number of benzene rings is 3. The number of esters is 1. The van der Waals surface area contributed by atoms with Gasteiger partial charge in [-0.1, -0.05) is 36.4 Å². The number of amides is 1. The van der Waals surface area contributed by atoms with Crippen molar-refractivity contribution in [1.29, 1.82) is 0 Å². The highest BCUT2D eigenvalue weighted by molar-refractivity contribution is 9.10. The van der Waals surface area contributed by atoms with E-state index in [1.165, 1.54) is 19.2 Å². The molecular weight excluding hydrogens is 400 g/mol. The molecule has 6 nitrogen and oxygen atoms in total. The molecule has 3 rings (SSSR count). The molecule has 0 saturated heterocycles. The molecule has 0 spiro atoms. The lowest BCUT2D eigenvalue weighted by molar-refractivity contribution is 0.0730. The molecule has 0 bridgehead atoms. The number of hydrazine groups is 1. The van der Waals surface area contributed by atoms with Gasteiger partial charge < -0.3 is 9.47 Å². The van der Waals surface area contributed by atoms with Crippen LogP contribution in [0.4, 0.5) is 0 Å². The Morgan fingerprint density at radius 1 is 1.08 bits per heavy atom. The number of carbonyl (C=O) groups excluding carboxylic acids is 2. The van der Waals surface area contributed by atoms with Crippen molar-refractivity contribution in [3.8, 4) is 11.5 Å². The lowest BCUT2D eigenvalue weighted by Gasteiger charge is -2.13. The van der Waals surface area contributed by atoms with Crippen LogP contribution in [0.25, 0.3) is 10.8 Å². The molecule has 0 radical (unpaired) electrons. The van der Waals surface area contributed by atoms with Gasteiger partial charge in [0.05, 0.1) is 17.1 Å². The summed E-state index contributed by atoms with van der Waals surface area (Å²) in [6.45, 7) is 0. The highest BCUT2D eigenvalue weighted by atomic mass is 79.9. The Balaban J connectivity index is 2.00. The first-order chi connectivity index (χ1) is 12.5. The number of ether oxygens (including phenoxy) is 2. The summed E-state index contributed by atoms with van der Waals surface area (Å²) in [7, 11) is 1.42. The Kier molecular flexibility index (Phi) is 5.20. The Bertz CT molecular complexity index is 999. The summed E-state index contributed by atoms with van der Waals surface area (Å²) in [6.07, 6.45) is 0. The van der Waals surface area contributed by atoms with Gasteiger partial charge in [0.25, 0.3) is 5.91 Å². The quantitative estimate of drug-likeness (QED) is 0.224. The van der Waals surface area contributed by atoms with Gasteiger partial charge in [0.2, 0.25) is 0 Å². The van der Waals surface area contributed by atoms with Gasteiger partial charge in [0, 0.05) is 5.56 Å². The minimum absolute atomic E-state index is 0.180. The zero-order valence-corrected chi connectivity index (χ0v) is 15.4. The van der Waals surface area contributed by atoms with Crippen LogP contribution in [0.1, 0.15) is 20.7 Å². The Hall–Kier alpha value is -2.90. The highest BCUT2D eigenvalue weighted by Gasteiger charge is 2.20. The number of nitrogen functional groups attached to an aromatic ring is 1. The van der Waals surface area contributed by atoms with E-state index < -0.39 is 11.9 Å². The first-order valence-corrected chi connectivity index (χ1v) is 8.43. The average molecular weight is 415 g/mol. The smallest absolute Gasteiger partial charge is 0.344 e. The summed E-state index contributed by atoms with van der Waals surface area (Å²) in [5.41, 5.74) is 2.74. The summed E-state index contributed by atoms with van der Waals surface area (Å²) in [4.78, 5) is 24.4. The Morgan fingerprint density at radius 3 is 2.54 bits per heavy atom. The second-order valence-corrected chi connectivity index (χ2v) is 6.23. The number of rotatable bonds is 4. The fraction of sp³-hybridized carbons (Fsp3) is 0.0526. The summed E-state index contributed by atoms with van der Waals surface area (Å²) >= 11 is 3.31. The second kappa shape index (κ2) is 7.55. The van der Waals surface area contributed by atoms with Crippen LogP contribution in [-0.4, -0.2) is 19.0 Å². The van der Waals surface area contributed by atoms with E-state index in [1.54, 1.807) is 12.1 Å². The maximum atomic E-state index is 12.7. The van der Waals surface area contributed by atoms with Crippen molar-refractivity contribution in [2.45, 2.75) is 0 Å². The van der Waals surface area contributed by atoms with Crippen LogP contribution in [0.2, 0.25) is 0 Å². The van der Waals surface area contributed by atoms with E-state index in [0.29, 0.717) is 10.0 Å². The maximum absolute atomic E-state index is 12.7. The number of halogens is 1. The number of hydrogen-bond donors (Lipinski definition) is 2. The SMILES string of the molecule is COc1cc(C(=O)NN)cc(Br)c1OC(=O)c1cccc2ccccc12. The molecular formula is C19H15BrN2O4. The van der Waals surface area contributed by atoms with Crippen molar-refractivity contribution < 1.29 is 19.1 Å². The predicted octanol–water partition coefficient (Wildman–Crippen LogP) is 3.43. The second-order valence-electron chi connectivity index (χ2n) is 5.38. The zero-order valence-electron chi connectivity index (χ0n) is 13.8. The number of nitrogens with two attached hydrogens (primary N) is 1. The lowest BCUT2D eigenvalue weighted by Crippen LogP contribution is -2.30. The van der Waals surface area contributed by atoms with E-state index in [1.807, 2.05) is 35.8 Å². The molecule has 3 N–H and O–H groups in total. The number of hydrogen-bond acceptors (Lipinski definition) is 5. The number of nitrogens with one attached hydrogen (secondary N) is 1. The first kappa shape index (κ1) is 17.9. The van der Waals surface area contributed by atoms with Crippen molar-refractivity contribution in [2.24, 2.45) is 5.84 Å². The van der Waals surface area contributed by atoms with Gasteiger partial charge in [-0.15, -0.1) is 0 Å². The molecule has 0 aliphatic rings. The average Bonchev–Trinajstić information content (AvgIpc) is 2.68. The number of carbonyl (C=O) groups is 2. The van der Waals surface area contributed by atoms with Crippen molar-refractivity contribution >= 4 is 38.6 Å². The molecule has 0 saturated carbocycles. The molecule has 0 atom stereocenters. The van der Waals surface area contributed by atoms with E-state index in [-0.39, 0.29) is 17.1 Å². The molecule has 0 heterocycles. The van der Waals surface area contributed by atoms with Crippen LogP contribution < -0.4 is 20.7 Å². The predicted molar refractivity (Wildman–Crippen MR) is 101 cm³/mol. The van der Waals surface area contributed by atoms with Crippen LogP contribution in [0.3, 0.4) is 0 Å². The maximum Gasteiger partial charge on any atom is 0.344 e. The van der Waals surface area contributed by atoms with Crippen LogP contribution in [0.15, 0.2) is 59.1 Å². The summed E-state index contributed by atoms with van der Waals surface area (Å²) < 4.78 is 11.2. The van der Waals surface area contributed by atoms with Crippen LogP contribution >= 0.6 is 15.9 Å². The molecule has 0 aromatic heterocycles. The monoisotopic (exact) mass is 414 g/mol. The van der Waals surface area contributed by atoms with Crippen molar-refractivity contribution in [1.82, 2.24) is 5.43 Å². The van der Waals surface area contributed by atoms with E-state index in [2.05, 4.69) is 15.9 Å². The van der Waals surface area contributed by atoms with Gasteiger partial charge in [-0.05, 0) is 44.9 Å². The molecule has 1 amide bonds. The molecule has 3 aromatic carbocycles. The van der Waals surface area contributed by atoms with E-state index >= 15 is 0 Å². The van der Waals surface area contributed by atoms with Gasteiger partial charge >= 0.3 is 5.97 Å². The molecule has 132 valence electrons. The molecule has 3 aromatic rings. The molecule has 0 aliphatic carbocycles. The van der Waals surface area contributed by atoms with Gasteiger partial charge in [-0.3, -0.25) is 10.2 Å². The fourth-order valence-electron chi connectivity index (χ4n) is 2.58. The first-order valence-electron chi connectivity index (χ1n) is 7.63. The minimum Gasteiger partial charge on any atom is -0.493 e. The minimum atomic E-state index is -0.531. The van der Waals surface area contributed by atoms with E-state index in [4.69, 9.17) is 15.3 Å². The normalized spacial score (nSPS) is 10.4. The molecule has 0 fully saturated rings. The van der Waals surface area contributed by atoms with Crippen LogP contribution in [0.5, 0.6) is 11.5 Å². The molecule has 0 aliphatic heterocycles. The van der Waals surface area contributed by atoms with E-state index in [0.717, 1.165) is 10.8 Å². The third-order valence-electron chi connectivity index (χ3n) is 3.83. The van der Waals surface area contributed by atoms with E-state index in [9.17, 15) is 9.59 Å². The van der Waals surface area contributed by atoms with Crippen LogP contribution in [0, 0.1) is 0 Å². The summed E-state index contributed by atoms with van der Waals surface area (Å²) in [5.74, 6) is 4.54. The lowest BCUT2D eigenvalue weighted by atomic mass is 10.0. The van der Waals surface area contributed by atoms with Gasteiger partial charge in [-0.25, -0.2) is 10.6 Å². The van der Waals surface area contributed by atoms with Gasteiger partial charge in [0.1, 0.15) is 0 Å². The molecule has 7 heteroatoms. The standard InChI is InChI=1S/C19H15BrN2O4/c1-25-16-10-12(18(23)22-21)9-15(20)17(16)26-19(24)14-8-4-6-11-5-2-3-7-13(11)14/h2-10H,21H2,1H3,(H,22,23).